The van der Waals surface area contributed by atoms with Crippen LogP contribution < -0.4 is 20.9 Å². The number of anilines is 2. The Morgan fingerprint density at radius 3 is 2.54 bits per heavy atom. The third kappa shape index (κ3) is 6.19. The van der Waals surface area contributed by atoms with Crippen molar-refractivity contribution in [1.29, 1.82) is 0 Å². The lowest BCUT2D eigenvalue weighted by Gasteiger charge is -2.42. The van der Waals surface area contributed by atoms with Crippen LogP contribution in [0.15, 0.2) is 66.1 Å². The van der Waals surface area contributed by atoms with Crippen molar-refractivity contribution < 1.29 is 27.4 Å². The van der Waals surface area contributed by atoms with Crippen LogP contribution in [0.4, 0.5) is 24.7 Å². The number of allylic oxidation sites excluding steroid dienone is 1. The molecule has 0 aliphatic carbocycles. The normalized spacial score (nSPS) is 22.0. The summed E-state index contributed by atoms with van der Waals surface area (Å²) < 4.78 is 51.7. The Kier molecular flexibility index (Phi) is 8.25. The molecule has 1 aromatic carbocycles. The summed E-state index contributed by atoms with van der Waals surface area (Å²) in [6.07, 6.45) is 0.296. The fourth-order valence-electron chi connectivity index (χ4n) is 5.32. The molecule has 0 spiro atoms. The smallest absolute Gasteiger partial charge is 0.419 e. The molecule has 41 heavy (non-hydrogen) atoms. The van der Waals surface area contributed by atoms with Crippen molar-refractivity contribution in [2.45, 2.75) is 44.3 Å². The second-order valence-electron chi connectivity index (χ2n) is 10.7. The van der Waals surface area contributed by atoms with E-state index in [2.05, 4.69) is 25.8 Å². The van der Waals surface area contributed by atoms with Crippen LogP contribution in [0, 0.1) is 0 Å². The molecule has 2 aromatic rings. The van der Waals surface area contributed by atoms with Gasteiger partial charge in [-0.3, -0.25) is 15.0 Å². The molecule has 2 unspecified atom stereocenters. The van der Waals surface area contributed by atoms with E-state index in [-0.39, 0.29) is 24.2 Å². The lowest BCUT2D eigenvalue weighted by Crippen LogP contribution is -2.64. The van der Waals surface area contributed by atoms with Gasteiger partial charge in [0.05, 0.1) is 31.3 Å². The van der Waals surface area contributed by atoms with Gasteiger partial charge >= 0.3 is 12.1 Å². The number of halogens is 3. The first-order valence-corrected chi connectivity index (χ1v) is 13.6. The van der Waals surface area contributed by atoms with E-state index in [0.717, 1.165) is 41.7 Å². The molecule has 1 saturated heterocycles. The second kappa shape index (κ2) is 11.7. The zero-order chi connectivity index (χ0) is 29.2. The monoisotopic (exact) mass is 572 g/mol. The molecule has 0 radical (unpaired) electrons. The molecule has 1 fully saturated rings. The highest BCUT2D eigenvalue weighted by molar-refractivity contribution is 5.82. The van der Waals surface area contributed by atoms with E-state index in [1.807, 2.05) is 44.2 Å². The number of ether oxygens (including phenoxy) is 2. The van der Waals surface area contributed by atoms with Gasteiger partial charge in [0, 0.05) is 43.4 Å². The molecule has 1 aromatic heterocycles. The Labute approximate surface area is 237 Å². The van der Waals surface area contributed by atoms with Crippen LogP contribution in [0.1, 0.15) is 31.4 Å². The van der Waals surface area contributed by atoms with Gasteiger partial charge in [0.15, 0.2) is 0 Å². The number of esters is 1. The number of aromatic nitrogens is 1. The van der Waals surface area contributed by atoms with Gasteiger partial charge in [-0.25, -0.2) is 4.98 Å². The summed E-state index contributed by atoms with van der Waals surface area (Å²) in [5.74, 6) is -0.445. The molecule has 220 valence electrons. The summed E-state index contributed by atoms with van der Waals surface area (Å²) >= 11 is 0. The number of benzene rings is 1. The molecule has 0 amide bonds. The van der Waals surface area contributed by atoms with Gasteiger partial charge in [-0.05, 0) is 61.7 Å². The van der Waals surface area contributed by atoms with Gasteiger partial charge < -0.3 is 25.0 Å². The number of carbonyl (C=O) groups excluding carboxylic acids is 1. The summed E-state index contributed by atoms with van der Waals surface area (Å²) in [5, 5.41) is 10.7. The van der Waals surface area contributed by atoms with Crippen LogP contribution in [0.5, 0.6) is 0 Å². The van der Waals surface area contributed by atoms with Crippen molar-refractivity contribution in [2.75, 3.05) is 50.2 Å². The zero-order valence-corrected chi connectivity index (χ0v) is 23.3. The van der Waals surface area contributed by atoms with Gasteiger partial charge in [0.2, 0.25) is 0 Å². The first kappa shape index (κ1) is 28.9. The molecule has 12 heteroatoms. The predicted molar refractivity (Wildman–Crippen MR) is 149 cm³/mol. The quantitative estimate of drug-likeness (QED) is 0.448. The molecule has 0 saturated carbocycles. The molecular weight excluding hydrogens is 537 g/mol. The first-order valence-electron chi connectivity index (χ1n) is 13.6. The number of hydrogen-bond acceptors (Lipinski definition) is 9. The molecule has 3 aliphatic heterocycles. The number of morpholine rings is 1. The van der Waals surface area contributed by atoms with E-state index >= 15 is 0 Å². The minimum atomic E-state index is -4.52. The Hall–Kier alpha value is -3.61. The van der Waals surface area contributed by atoms with Gasteiger partial charge in [-0.15, -0.1) is 0 Å². The zero-order valence-electron chi connectivity index (χ0n) is 23.3. The molecule has 2 atom stereocenters. The maximum atomic E-state index is 13.8. The van der Waals surface area contributed by atoms with Crippen molar-refractivity contribution in [3.8, 4) is 0 Å². The van der Waals surface area contributed by atoms with Crippen molar-refractivity contribution in [3.63, 3.8) is 0 Å². The molecule has 3 N–H and O–H groups in total. The van der Waals surface area contributed by atoms with Crippen LogP contribution in [0.25, 0.3) is 0 Å². The van der Waals surface area contributed by atoms with Gasteiger partial charge in [-0.2, -0.15) is 13.2 Å². The highest BCUT2D eigenvalue weighted by atomic mass is 19.4. The maximum Gasteiger partial charge on any atom is 0.419 e. The second-order valence-corrected chi connectivity index (χ2v) is 10.7. The van der Waals surface area contributed by atoms with Crippen molar-refractivity contribution in [2.24, 2.45) is 0 Å². The molecule has 5 rings (SSSR count). The van der Waals surface area contributed by atoms with Gasteiger partial charge in [-0.1, -0.05) is 12.1 Å². The van der Waals surface area contributed by atoms with Crippen molar-refractivity contribution in [1.82, 2.24) is 20.5 Å². The minimum absolute atomic E-state index is 0.123. The average Bonchev–Trinajstić information content (AvgIpc) is 3.20. The van der Waals surface area contributed by atoms with E-state index in [1.165, 1.54) is 19.4 Å². The van der Waals surface area contributed by atoms with E-state index in [0.29, 0.717) is 26.2 Å². The lowest BCUT2D eigenvalue weighted by atomic mass is 9.84. The first-order chi connectivity index (χ1) is 19.6. The Morgan fingerprint density at radius 2 is 1.85 bits per heavy atom. The summed E-state index contributed by atoms with van der Waals surface area (Å²) in [6.45, 7) is 6.64. The van der Waals surface area contributed by atoms with Crippen LogP contribution >= 0.6 is 0 Å². The SMILES string of the molecule is COC(=O)C(C)(C)c1ccc(NC2NC(N3CCOCC3)NC3=C2CCN(c2ncccc2C(F)(F)F)C=C3)cc1. The van der Waals surface area contributed by atoms with E-state index in [9.17, 15) is 18.0 Å². The molecule has 9 nitrogen and oxygen atoms in total. The Bertz CT molecular complexity index is 1310. The van der Waals surface area contributed by atoms with Crippen LogP contribution in [0.3, 0.4) is 0 Å². The number of methoxy groups -OCH3 is 1. The van der Waals surface area contributed by atoms with Crippen molar-refractivity contribution >= 4 is 17.5 Å². The summed E-state index contributed by atoms with van der Waals surface area (Å²) in [5.41, 5.74) is 1.91. The van der Waals surface area contributed by atoms with Gasteiger partial charge in [0.25, 0.3) is 0 Å². The van der Waals surface area contributed by atoms with Crippen LogP contribution in [-0.2, 0) is 25.9 Å². The standard InChI is InChI=1S/C29H35F3N6O3/c1-28(2,26(39)40-3)19-6-8-20(9-7-19)34-24-21-10-13-37(25-22(29(30,31)32)5-4-12-33-25)14-11-23(21)35-27(36-24)38-15-17-41-18-16-38/h4-9,11-12,14,24,27,34-36H,10,13,15-18H2,1-3H3. The third-order valence-corrected chi connectivity index (χ3v) is 7.74. The van der Waals surface area contributed by atoms with E-state index < -0.39 is 17.2 Å². The number of pyridine rings is 1. The molecule has 0 bridgehead atoms. The number of rotatable bonds is 6. The fourth-order valence-corrected chi connectivity index (χ4v) is 5.32. The van der Waals surface area contributed by atoms with Crippen molar-refractivity contribution in [3.05, 3.63) is 77.3 Å². The number of carbonyl (C=O) groups is 1. The third-order valence-electron chi connectivity index (χ3n) is 7.74. The number of hydrogen-bond donors (Lipinski definition) is 3. The summed E-state index contributed by atoms with van der Waals surface area (Å²) in [6, 6.07) is 9.96. The average molecular weight is 573 g/mol. The largest absolute Gasteiger partial charge is 0.468 e. The number of nitrogens with zero attached hydrogens (tertiary/aromatic N) is 3. The highest BCUT2D eigenvalue weighted by Crippen LogP contribution is 2.36. The molecule has 3 aliphatic rings. The minimum Gasteiger partial charge on any atom is -0.468 e. The maximum absolute atomic E-state index is 13.8. The number of alkyl halides is 3. The van der Waals surface area contributed by atoms with E-state index in [4.69, 9.17) is 9.47 Å². The number of nitrogens with one attached hydrogen (secondary N) is 3. The van der Waals surface area contributed by atoms with Crippen LogP contribution in [-0.4, -0.2) is 68.3 Å². The summed E-state index contributed by atoms with van der Waals surface area (Å²) in [7, 11) is 1.37. The predicted octanol–water partition coefficient (Wildman–Crippen LogP) is 3.78. The summed E-state index contributed by atoms with van der Waals surface area (Å²) in [4.78, 5) is 20.1. The van der Waals surface area contributed by atoms with E-state index in [1.54, 1.807) is 11.1 Å². The highest BCUT2D eigenvalue weighted by Gasteiger charge is 2.37. The Morgan fingerprint density at radius 1 is 1.12 bits per heavy atom. The Balaban J connectivity index is 1.41. The fraction of sp³-hybridized carbons (Fsp3) is 0.448. The topological polar surface area (TPSA) is 91.0 Å². The van der Waals surface area contributed by atoms with Gasteiger partial charge in [0.1, 0.15) is 18.3 Å². The lowest BCUT2D eigenvalue weighted by molar-refractivity contribution is -0.146. The van der Waals surface area contributed by atoms with Crippen LogP contribution in [0.2, 0.25) is 0 Å². The molecule has 4 heterocycles. The molecular formula is C29H35F3N6O3.